The van der Waals surface area contributed by atoms with Crippen molar-refractivity contribution in [2.45, 2.75) is 20.8 Å². The predicted molar refractivity (Wildman–Crippen MR) is 49.9 cm³/mol. The van der Waals surface area contributed by atoms with Crippen molar-refractivity contribution in [1.29, 1.82) is 0 Å². The Morgan fingerprint density at radius 2 is 1.54 bits per heavy atom. The summed E-state index contributed by atoms with van der Waals surface area (Å²) in [5.74, 6) is -0.245. The third kappa shape index (κ3) is 18.5. The molecule has 0 amide bonds. The van der Waals surface area contributed by atoms with Gasteiger partial charge in [-0.2, -0.15) is 0 Å². The van der Waals surface area contributed by atoms with E-state index in [1.807, 2.05) is 0 Å². The van der Waals surface area contributed by atoms with Crippen LogP contribution < -0.4 is 0 Å². The second-order valence-corrected chi connectivity index (χ2v) is 2.89. The molecule has 5 nitrogen and oxygen atoms in total. The normalized spacial score (nSPS) is 9.00. The number of rotatable bonds is 4. The Hall–Kier alpha value is -0.380. The summed E-state index contributed by atoms with van der Waals surface area (Å²) >= 11 is 0. The first kappa shape index (κ1) is 15.1. The second kappa shape index (κ2) is 11.6. The Kier molecular flexibility index (Phi) is 13.5. The van der Waals surface area contributed by atoms with Gasteiger partial charge in [0.25, 0.3) is 0 Å². The first-order valence-electron chi connectivity index (χ1n) is 3.92. The van der Waals surface area contributed by atoms with Crippen molar-refractivity contribution in [3.8, 4) is 0 Å². The summed E-state index contributed by atoms with van der Waals surface area (Å²) in [6.45, 7) is 5.83. The van der Waals surface area contributed by atoms with Crippen LogP contribution in [0.3, 0.4) is 0 Å². The van der Waals surface area contributed by atoms with Crippen LogP contribution in [-0.4, -0.2) is 26.3 Å². The summed E-state index contributed by atoms with van der Waals surface area (Å²) in [6, 6.07) is 0. The Labute approximate surface area is 79.3 Å². The van der Waals surface area contributed by atoms with Crippen molar-refractivity contribution < 1.29 is 23.1 Å². The highest BCUT2D eigenvalue weighted by Gasteiger charge is 1.91. The third-order valence-corrected chi connectivity index (χ3v) is 1.86. The van der Waals surface area contributed by atoms with Gasteiger partial charge in [-0.05, 0) is 13.8 Å². The topological polar surface area (TPSA) is 61.8 Å². The van der Waals surface area contributed by atoms with Gasteiger partial charge in [-0.1, -0.05) is 0 Å². The number of hydrogen-bond acceptors (Lipinski definition) is 5. The van der Waals surface area contributed by atoms with E-state index < -0.39 is 8.25 Å². The predicted octanol–water partition coefficient (Wildman–Crippen LogP) is 1.63. The van der Waals surface area contributed by atoms with Crippen molar-refractivity contribution in [3.63, 3.8) is 0 Å². The summed E-state index contributed by atoms with van der Waals surface area (Å²) in [4.78, 5) is 9.59. The molecule has 0 N–H and O–H groups in total. The third-order valence-electron chi connectivity index (χ3n) is 0.812. The van der Waals surface area contributed by atoms with Crippen LogP contribution in [0.25, 0.3) is 0 Å². The number of ether oxygens (including phenoxy) is 1. The summed E-state index contributed by atoms with van der Waals surface area (Å²) in [6.07, 6.45) is 0. The van der Waals surface area contributed by atoms with Crippen LogP contribution in [0.4, 0.5) is 0 Å². The first-order chi connectivity index (χ1) is 6.08. The Morgan fingerprint density at radius 1 is 1.23 bits per heavy atom. The van der Waals surface area contributed by atoms with Crippen molar-refractivity contribution in [1.82, 2.24) is 0 Å². The number of methoxy groups -OCH3 is 1. The van der Waals surface area contributed by atoms with E-state index >= 15 is 0 Å². The van der Waals surface area contributed by atoms with Gasteiger partial charge in [-0.3, -0.25) is 9.36 Å². The van der Waals surface area contributed by atoms with Crippen molar-refractivity contribution in [2.75, 3.05) is 20.3 Å². The van der Waals surface area contributed by atoms with Crippen LogP contribution in [0.2, 0.25) is 0 Å². The standard InChI is InChI=1S/C4H11O3P.C3H6O2/c1-3-6-8(5)7-4-2;1-3(4)5-2/h8H,3-4H2,1-2H3;1-2H3. The lowest BCUT2D eigenvalue weighted by Crippen LogP contribution is -1.88. The molecule has 0 saturated heterocycles. The maximum absolute atomic E-state index is 10.4. The minimum Gasteiger partial charge on any atom is -0.469 e. The fraction of sp³-hybridized carbons (Fsp3) is 0.857. The summed E-state index contributed by atoms with van der Waals surface area (Å²) in [5.41, 5.74) is 0. The Morgan fingerprint density at radius 3 is 1.69 bits per heavy atom. The van der Waals surface area contributed by atoms with E-state index in [2.05, 4.69) is 13.8 Å². The van der Waals surface area contributed by atoms with E-state index in [0.717, 1.165) is 0 Å². The number of carbonyl (C=O) groups is 1. The number of esters is 1. The van der Waals surface area contributed by atoms with E-state index in [1.54, 1.807) is 13.8 Å². The summed E-state index contributed by atoms with van der Waals surface area (Å²) in [7, 11) is -0.792. The van der Waals surface area contributed by atoms with E-state index in [1.165, 1.54) is 14.0 Å². The highest BCUT2D eigenvalue weighted by atomic mass is 31.1. The van der Waals surface area contributed by atoms with Crippen LogP contribution in [0.5, 0.6) is 0 Å². The van der Waals surface area contributed by atoms with Gasteiger partial charge in [0.15, 0.2) is 0 Å². The molecule has 0 heterocycles. The van der Waals surface area contributed by atoms with Crippen LogP contribution in [0.15, 0.2) is 0 Å². The molecule has 0 bridgehead atoms. The lowest BCUT2D eigenvalue weighted by molar-refractivity contribution is -0.137. The molecule has 80 valence electrons. The monoisotopic (exact) mass is 212 g/mol. The van der Waals surface area contributed by atoms with Crippen molar-refractivity contribution in [3.05, 3.63) is 0 Å². The molecule has 0 radical (unpaired) electrons. The van der Waals surface area contributed by atoms with Crippen LogP contribution in [0, 0.1) is 0 Å². The lowest BCUT2D eigenvalue weighted by atomic mass is 10.8. The van der Waals surface area contributed by atoms with E-state index in [4.69, 9.17) is 0 Å². The van der Waals surface area contributed by atoms with Gasteiger partial charge < -0.3 is 13.8 Å². The van der Waals surface area contributed by atoms with Crippen LogP contribution >= 0.6 is 8.25 Å². The molecule has 0 aromatic rings. The molecule has 0 aromatic heterocycles. The van der Waals surface area contributed by atoms with Crippen molar-refractivity contribution in [2.24, 2.45) is 0 Å². The second-order valence-electron chi connectivity index (χ2n) is 1.81. The van der Waals surface area contributed by atoms with Gasteiger partial charge >= 0.3 is 14.2 Å². The fourth-order valence-corrected chi connectivity index (χ4v) is 0.832. The SMILES string of the molecule is CCO[PH](=O)OCC.COC(C)=O. The molecule has 0 fully saturated rings. The molecule has 0 aromatic carbocycles. The molecule has 0 aliphatic heterocycles. The Balaban J connectivity index is 0. The van der Waals surface area contributed by atoms with E-state index in [0.29, 0.717) is 13.2 Å². The summed E-state index contributed by atoms with van der Waals surface area (Å²) in [5, 5.41) is 0. The van der Waals surface area contributed by atoms with Gasteiger partial charge in [0.1, 0.15) is 0 Å². The number of hydrogen-bond donors (Lipinski definition) is 0. The van der Waals surface area contributed by atoms with Gasteiger partial charge in [-0.15, -0.1) is 0 Å². The number of carbonyl (C=O) groups excluding carboxylic acids is 1. The lowest BCUT2D eigenvalue weighted by Gasteiger charge is -1.97. The molecule has 0 atom stereocenters. The van der Waals surface area contributed by atoms with Crippen LogP contribution in [-0.2, 0) is 23.1 Å². The highest BCUT2D eigenvalue weighted by molar-refractivity contribution is 7.33. The minimum atomic E-state index is -2.14. The molecule has 6 heteroatoms. The molecule has 0 spiro atoms. The average molecular weight is 212 g/mol. The molecule has 0 aliphatic carbocycles. The van der Waals surface area contributed by atoms with Gasteiger partial charge in [0.2, 0.25) is 0 Å². The quantitative estimate of drug-likeness (QED) is 0.523. The molecule has 0 unspecified atom stereocenters. The van der Waals surface area contributed by atoms with Crippen molar-refractivity contribution >= 4 is 14.2 Å². The fourth-order valence-electron chi connectivity index (χ4n) is 0.277. The van der Waals surface area contributed by atoms with E-state index in [-0.39, 0.29) is 5.97 Å². The maximum atomic E-state index is 10.4. The molecular weight excluding hydrogens is 195 g/mol. The molecule has 0 aliphatic rings. The van der Waals surface area contributed by atoms with Gasteiger partial charge in [-0.25, -0.2) is 0 Å². The molecule has 13 heavy (non-hydrogen) atoms. The zero-order chi connectivity index (χ0) is 10.7. The summed E-state index contributed by atoms with van der Waals surface area (Å²) < 4.78 is 23.7. The zero-order valence-corrected chi connectivity index (χ0v) is 9.46. The van der Waals surface area contributed by atoms with Crippen LogP contribution in [0.1, 0.15) is 20.8 Å². The van der Waals surface area contributed by atoms with E-state index in [9.17, 15) is 9.36 Å². The largest absolute Gasteiger partial charge is 0.469 e. The first-order valence-corrected chi connectivity index (χ1v) is 5.15. The molecule has 0 saturated carbocycles. The van der Waals surface area contributed by atoms with Gasteiger partial charge in [0, 0.05) is 6.92 Å². The minimum absolute atomic E-state index is 0.245. The molecular formula is C7H17O5P. The van der Waals surface area contributed by atoms with Gasteiger partial charge in [0.05, 0.1) is 20.3 Å². The Bertz CT molecular complexity index is 140. The maximum Gasteiger partial charge on any atom is 0.319 e. The highest BCUT2D eigenvalue weighted by Crippen LogP contribution is 2.21. The average Bonchev–Trinajstić information content (AvgIpc) is 2.06. The smallest absolute Gasteiger partial charge is 0.319 e. The molecule has 0 rings (SSSR count). The zero-order valence-electron chi connectivity index (χ0n) is 8.46.